The monoisotopic (exact) mass is 249 g/mol. The number of unbranched alkanes of at least 4 members (excludes halogenated alkanes) is 4. The van der Waals surface area contributed by atoms with E-state index in [9.17, 15) is 9.59 Å². The van der Waals surface area contributed by atoms with E-state index in [0.717, 1.165) is 0 Å². The van der Waals surface area contributed by atoms with Crippen molar-refractivity contribution in [3.05, 3.63) is 0 Å². The fourth-order valence-electron chi connectivity index (χ4n) is 1.05. The summed E-state index contributed by atoms with van der Waals surface area (Å²) < 4.78 is 0. The van der Waals surface area contributed by atoms with Crippen LogP contribution >= 0.6 is 0 Å². The van der Waals surface area contributed by atoms with Crippen molar-refractivity contribution in [3.63, 3.8) is 0 Å². The molecule has 0 atom stereocenters. The molecule has 5 N–H and O–H groups in total. The number of aliphatic carboxylic acids is 2. The van der Waals surface area contributed by atoms with Gasteiger partial charge in [-0.05, 0) is 12.8 Å². The van der Waals surface area contributed by atoms with Crippen molar-refractivity contribution in [2.75, 3.05) is 0 Å². The van der Waals surface area contributed by atoms with E-state index < -0.39 is 11.9 Å². The molecule has 0 aromatic rings. The molecule has 0 aliphatic rings. The van der Waals surface area contributed by atoms with Gasteiger partial charge in [0.2, 0.25) is 0 Å². The van der Waals surface area contributed by atoms with E-state index in [4.69, 9.17) is 10.2 Å². The van der Waals surface area contributed by atoms with Crippen LogP contribution in [0, 0.1) is 0 Å². The highest BCUT2D eigenvalue weighted by atomic mass is 16.4. The first-order valence-corrected chi connectivity index (χ1v) is 5.98. The Bertz CT molecular complexity index is 163. The first-order chi connectivity index (χ1) is 7.54. The Labute approximate surface area is 104 Å². The number of hydrogen-bond donors (Lipinski definition) is 3. The molecule has 0 saturated carbocycles. The summed E-state index contributed by atoms with van der Waals surface area (Å²) in [6.07, 6.45) is 6.55. The van der Waals surface area contributed by atoms with E-state index in [0.29, 0.717) is 12.8 Å². The van der Waals surface area contributed by atoms with Gasteiger partial charge in [-0.2, -0.15) is 0 Å². The SMILES string of the molecule is CCCCCC.N.O=C(O)CCCCC(=O)O. The molecule has 0 spiro atoms. The highest BCUT2D eigenvalue weighted by Gasteiger charge is 1.99. The first kappa shape index (κ1) is 21.2. The maximum atomic E-state index is 9.90. The molecule has 0 aliphatic carbocycles. The average Bonchev–Trinajstić information content (AvgIpc) is 2.22. The van der Waals surface area contributed by atoms with Gasteiger partial charge in [0.25, 0.3) is 0 Å². The van der Waals surface area contributed by atoms with Crippen LogP contribution in [-0.4, -0.2) is 22.2 Å². The van der Waals surface area contributed by atoms with Gasteiger partial charge in [0.15, 0.2) is 0 Å². The molecule has 0 unspecified atom stereocenters. The summed E-state index contributed by atoms with van der Waals surface area (Å²) >= 11 is 0. The molecule has 0 radical (unpaired) electrons. The minimum absolute atomic E-state index is 0. The predicted molar refractivity (Wildman–Crippen MR) is 68.6 cm³/mol. The zero-order valence-corrected chi connectivity index (χ0v) is 11.1. The average molecular weight is 249 g/mol. The Kier molecular flexibility index (Phi) is 21.6. The molecule has 5 heteroatoms. The predicted octanol–water partition coefficient (Wildman–Crippen LogP) is 3.46. The molecule has 0 aromatic carbocycles. The fraction of sp³-hybridized carbons (Fsp3) is 0.833. The van der Waals surface area contributed by atoms with Gasteiger partial charge in [0, 0.05) is 12.8 Å². The van der Waals surface area contributed by atoms with Crippen molar-refractivity contribution in [2.45, 2.75) is 65.2 Å². The molecular formula is C12H27NO4. The molecule has 17 heavy (non-hydrogen) atoms. The second-order valence-electron chi connectivity index (χ2n) is 3.70. The van der Waals surface area contributed by atoms with E-state index in [-0.39, 0.29) is 19.0 Å². The van der Waals surface area contributed by atoms with Crippen LogP contribution in [0.5, 0.6) is 0 Å². The molecule has 0 amide bonds. The van der Waals surface area contributed by atoms with Gasteiger partial charge in [-0.25, -0.2) is 0 Å². The summed E-state index contributed by atoms with van der Waals surface area (Å²) in [6.45, 7) is 4.46. The third-order valence-corrected chi connectivity index (χ3v) is 1.99. The lowest BCUT2D eigenvalue weighted by atomic mass is 10.2. The van der Waals surface area contributed by atoms with Crippen molar-refractivity contribution in [3.8, 4) is 0 Å². The standard InChI is InChI=1S/C6H10O4.C6H14.H3N/c7-5(8)3-1-2-4-6(9)10;1-3-5-6-4-2;/h1-4H2,(H,7,8)(H,9,10);3-6H2,1-2H3;1H3. The second-order valence-corrected chi connectivity index (χ2v) is 3.70. The van der Waals surface area contributed by atoms with Crippen LogP contribution in [0.15, 0.2) is 0 Å². The van der Waals surface area contributed by atoms with E-state index >= 15 is 0 Å². The summed E-state index contributed by atoms with van der Waals surface area (Å²) in [5.74, 6) is -1.74. The summed E-state index contributed by atoms with van der Waals surface area (Å²) in [6, 6.07) is 0. The molecular weight excluding hydrogens is 222 g/mol. The summed E-state index contributed by atoms with van der Waals surface area (Å²) in [4.78, 5) is 19.8. The third kappa shape index (κ3) is 31.3. The second kappa shape index (κ2) is 17.3. The molecule has 104 valence electrons. The molecule has 0 rings (SSSR count). The van der Waals surface area contributed by atoms with Crippen LogP contribution in [0.1, 0.15) is 65.2 Å². The van der Waals surface area contributed by atoms with Crippen LogP contribution in [0.3, 0.4) is 0 Å². The number of rotatable bonds is 8. The van der Waals surface area contributed by atoms with E-state index in [2.05, 4.69) is 13.8 Å². The molecule has 0 fully saturated rings. The van der Waals surface area contributed by atoms with Gasteiger partial charge >= 0.3 is 11.9 Å². The van der Waals surface area contributed by atoms with E-state index in [1.165, 1.54) is 25.7 Å². The van der Waals surface area contributed by atoms with Crippen LogP contribution in [0.25, 0.3) is 0 Å². The molecule has 0 aliphatic heterocycles. The smallest absolute Gasteiger partial charge is 0.303 e. The molecule has 0 bridgehead atoms. The minimum Gasteiger partial charge on any atom is -0.481 e. The maximum Gasteiger partial charge on any atom is 0.303 e. The van der Waals surface area contributed by atoms with Gasteiger partial charge in [0.1, 0.15) is 0 Å². The van der Waals surface area contributed by atoms with Crippen LogP contribution in [-0.2, 0) is 9.59 Å². The highest BCUT2D eigenvalue weighted by Crippen LogP contribution is 1.98. The van der Waals surface area contributed by atoms with Gasteiger partial charge < -0.3 is 16.4 Å². The zero-order chi connectivity index (χ0) is 12.8. The summed E-state index contributed by atoms with van der Waals surface area (Å²) in [5.41, 5.74) is 0. The lowest BCUT2D eigenvalue weighted by molar-refractivity contribution is -0.139. The lowest BCUT2D eigenvalue weighted by Gasteiger charge is -1.92. The first-order valence-electron chi connectivity index (χ1n) is 5.98. The third-order valence-electron chi connectivity index (χ3n) is 1.99. The van der Waals surface area contributed by atoms with Crippen LogP contribution in [0.4, 0.5) is 0 Å². The quantitative estimate of drug-likeness (QED) is 0.570. The van der Waals surface area contributed by atoms with Gasteiger partial charge in [-0.3, -0.25) is 9.59 Å². The van der Waals surface area contributed by atoms with Crippen LogP contribution in [0.2, 0.25) is 0 Å². The zero-order valence-electron chi connectivity index (χ0n) is 11.1. The van der Waals surface area contributed by atoms with Gasteiger partial charge in [-0.1, -0.05) is 39.5 Å². The molecule has 0 saturated heterocycles. The molecule has 5 nitrogen and oxygen atoms in total. The Balaban J connectivity index is -0.000000244. The van der Waals surface area contributed by atoms with Crippen molar-refractivity contribution < 1.29 is 19.8 Å². The summed E-state index contributed by atoms with van der Waals surface area (Å²) in [7, 11) is 0. The van der Waals surface area contributed by atoms with Crippen molar-refractivity contribution in [1.29, 1.82) is 0 Å². The minimum atomic E-state index is -0.870. The Hall–Kier alpha value is -1.10. The number of carboxylic acid groups (broad SMARTS) is 2. The summed E-state index contributed by atoms with van der Waals surface area (Å²) in [5, 5.41) is 16.3. The van der Waals surface area contributed by atoms with Crippen molar-refractivity contribution in [2.24, 2.45) is 0 Å². The number of hydrogen-bond acceptors (Lipinski definition) is 3. The van der Waals surface area contributed by atoms with Crippen molar-refractivity contribution >= 4 is 11.9 Å². The number of carbonyl (C=O) groups is 2. The van der Waals surface area contributed by atoms with Crippen LogP contribution < -0.4 is 6.15 Å². The molecule has 0 aromatic heterocycles. The maximum absolute atomic E-state index is 9.90. The topological polar surface area (TPSA) is 110 Å². The van der Waals surface area contributed by atoms with Gasteiger partial charge in [0.05, 0.1) is 0 Å². The Morgan fingerprint density at radius 2 is 1.06 bits per heavy atom. The fourth-order valence-corrected chi connectivity index (χ4v) is 1.05. The number of carboxylic acids is 2. The largest absolute Gasteiger partial charge is 0.481 e. The Morgan fingerprint density at radius 1 is 0.765 bits per heavy atom. The highest BCUT2D eigenvalue weighted by molar-refractivity contribution is 5.67. The molecule has 0 heterocycles. The van der Waals surface area contributed by atoms with Gasteiger partial charge in [-0.15, -0.1) is 0 Å². The van der Waals surface area contributed by atoms with E-state index in [1.807, 2.05) is 0 Å². The van der Waals surface area contributed by atoms with Crippen molar-refractivity contribution in [1.82, 2.24) is 6.15 Å². The Morgan fingerprint density at radius 3 is 1.24 bits per heavy atom. The normalized spacial score (nSPS) is 8.59. The lowest BCUT2D eigenvalue weighted by Crippen LogP contribution is -1.97. The van der Waals surface area contributed by atoms with E-state index in [1.54, 1.807) is 0 Å².